The molecule has 3 rings (SSSR count). The number of thiophene rings is 1. The summed E-state index contributed by atoms with van der Waals surface area (Å²) < 4.78 is 5.32. The highest BCUT2D eigenvalue weighted by molar-refractivity contribution is 7.12. The quantitative estimate of drug-likeness (QED) is 0.815. The van der Waals surface area contributed by atoms with Gasteiger partial charge in [0.05, 0.1) is 30.0 Å². The van der Waals surface area contributed by atoms with Crippen molar-refractivity contribution < 1.29 is 14.3 Å². The predicted molar refractivity (Wildman–Crippen MR) is 93.8 cm³/mol. The summed E-state index contributed by atoms with van der Waals surface area (Å²) in [6, 6.07) is 7.33. The van der Waals surface area contributed by atoms with Crippen molar-refractivity contribution >= 4 is 34.5 Å². The van der Waals surface area contributed by atoms with Crippen LogP contribution in [0.5, 0.6) is 0 Å². The molecule has 24 heavy (non-hydrogen) atoms. The molecule has 0 radical (unpaired) electrons. The van der Waals surface area contributed by atoms with E-state index >= 15 is 0 Å². The molecule has 3 heterocycles. The molecule has 0 bridgehead atoms. The van der Waals surface area contributed by atoms with E-state index in [4.69, 9.17) is 4.74 Å². The molecule has 0 aliphatic carbocycles. The number of nitrogens with one attached hydrogen (secondary N) is 1. The Balaban J connectivity index is 1.48. The second-order valence-electron chi connectivity index (χ2n) is 5.45. The number of pyridine rings is 1. The average molecular weight is 345 g/mol. The highest BCUT2D eigenvalue weighted by atomic mass is 32.1. The van der Waals surface area contributed by atoms with E-state index < -0.39 is 0 Å². The minimum absolute atomic E-state index is 0.000871. The van der Waals surface area contributed by atoms with E-state index in [-0.39, 0.29) is 24.5 Å². The van der Waals surface area contributed by atoms with Gasteiger partial charge in [0.15, 0.2) is 5.78 Å². The van der Waals surface area contributed by atoms with E-state index in [0.717, 1.165) is 18.9 Å². The van der Waals surface area contributed by atoms with Crippen molar-refractivity contribution in [3.63, 3.8) is 0 Å². The maximum absolute atomic E-state index is 12.0. The molecule has 1 aliphatic heterocycles. The minimum Gasteiger partial charge on any atom is -0.378 e. The molecule has 0 unspecified atom stereocenters. The highest BCUT2D eigenvalue weighted by Gasteiger charge is 2.13. The number of aromatic nitrogens is 1. The van der Waals surface area contributed by atoms with Crippen molar-refractivity contribution in [1.29, 1.82) is 0 Å². The molecular weight excluding hydrogens is 326 g/mol. The summed E-state index contributed by atoms with van der Waals surface area (Å²) in [7, 11) is 0. The molecular formula is C17H19N3O3S. The van der Waals surface area contributed by atoms with E-state index in [1.54, 1.807) is 12.3 Å². The normalized spacial score (nSPS) is 14.4. The third-order valence-corrected chi connectivity index (χ3v) is 4.65. The Morgan fingerprint density at radius 1 is 1.21 bits per heavy atom. The number of nitrogens with zero attached hydrogens (tertiary/aromatic N) is 2. The number of rotatable bonds is 6. The summed E-state index contributed by atoms with van der Waals surface area (Å²) >= 11 is 1.40. The Bertz CT molecular complexity index is 680. The van der Waals surface area contributed by atoms with Gasteiger partial charge in [0, 0.05) is 25.9 Å². The number of ketones is 1. The van der Waals surface area contributed by atoms with E-state index in [1.807, 2.05) is 23.6 Å². The summed E-state index contributed by atoms with van der Waals surface area (Å²) in [4.78, 5) is 31.1. The number of amides is 1. The zero-order chi connectivity index (χ0) is 16.8. The van der Waals surface area contributed by atoms with Gasteiger partial charge in [-0.15, -0.1) is 11.3 Å². The number of ether oxygens (including phenoxy) is 1. The molecule has 0 saturated carbocycles. The Labute approximate surface area is 144 Å². The van der Waals surface area contributed by atoms with Crippen molar-refractivity contribution in [2.45, 2.75) is 12.8 Å². The first-order valence-electron chi connectivity index (χ1n) is 7.88. The number of hydrogen-bond acceptors (Lipinski definition) is 6. The van der Waals surface area contributed by atoms with Crippen molar-refractivity contribution in [3.05, 3.63) is 40.7 Å². The van der Waals surface area contributed by atoms with Crippen LogP contribution in [0.4, 0.5) is 11.5 Å². The average Bonchev–Trinajstić information content (AvgIpc) is 3.16. The van der Waals surface area contributed by atoms with Gasteiger partial charge in [-0.3, -0.25) is 9.59 Å². The number of morpholine rings is 1. The van der Waals surface area contributed by atoms with Crippen molar-refractivity contribution in [2.75, 3.05) is 36.5 Å². The largest absolute Gasteiger partial charge is 0.378 e. The van der Waals surface area contributed by atoms with Crippen LogP contribution in [0.15, 0.2) is 35.8 Å². The first-order chi connectivity index (χ1) is 11.7. The molecule has 7 heteroatoms. The fourth-order valence-corrected chi connectivity index (χ4v) is 3.14. The number of anilines is 2. The lowest BCUT2D eigenvalue weighted by Crippen LogP contribution is -2.36. The van der Waals surface area contributed by atoms with E-state index in [2.05, 4.69) is 15.2 Å². The first-order valence-corrected chi connectivity index (χ1v) is 8.75. The van der Waals surface area contributed by atoms with Gasteiger partial charge < -0.3 is 15.0 Å². The van der Waals surface area contributed by atoms with Crippen LogP contribution in [0.25, 0.3) is 0 Å². The molecule has 2 aromatic heterocycles. The SMILES string of the molecule is O=C(CCC(=O)c1cccs1)Nc1ccc(N2CCOCC2)nc1. The van der Waals surface area contributed by atoms with Gasteiger partial charge in [-0.2, -0.15) is 0 Å². The molecule has 0 spiro atoms. The Kier molecular flexibility index (Phi) is 5.55. The fraction of sp³-hybridized carbons (Fsp3) is 0.353. The minimum atomic E-state index is -0.180. The summed E-state index contributed by atoms with van der Waals surface area (Å²) in [6.45, 7) is 3.06. The molecule has 0 aromatic carbocycles. The van der Waals surface area contributed by atoms with Crippen LogP contribution >= 0.6 is 11.3 Å². The third-order valence-electron chi connectivity index (χ3n) is 3.74. The lowest BCUT2D eigenvalue weighted by Gasteiger charge is -2.27. The van der Waals surface area contributed by atoms with Gasteiger partial charge >= 0.3 is 0 Å². The van der Waals surface area contributed by atoms with E-state index in [0.29, 0.717) is 23.8 Å². The van der Waals surface area contributed by atoms with Crippen LogP contribution in [-0.2, 0) is 9.53 Å². The van der Waals surface area contributed by atoms with E-state index in [9.17, 15) is 9.59 Å². The van der Waals surface area contributed by atoms with Crippen LogP contribution in [0, 0.1) is 0 Å². The van der Waals surface area contributed by atoms with Gasteiger partial charge in [0.2, 0.25) is 5.91 Å². The van der Waals surface area contributed by atoms with Crippen LogP contribution in [0.3, 0.4) is 0 Å². The summed E-state index contributed by atoms with van der Waals surface area (Å²) in [5, 5.41) is 4.64. The molecule has 6 nitrogen and oxygen atoms in total. The molecule has 2 aromatic rings. The van der Waals surface area contributed by atoms with Crippen molar-refractivity contribution in [1.82, 2.24) is 4.98 Å². The molecule has 126 valence electrons. The van der Waals surface area contributed by atoms with Gasteiger partial charge in [-0.25, -0.2) is 4.98 Å². The number of hydrogen-bond donors (Lipinski definition) is 1. The van der Waals surface area contributed by atoms with E-state index in [1.165, 1.54) is 11.3 Å². The lowest BCUT2D eigenvalue weighted by molar-refractivity contribution is -0.116. The van der Waals surface area contributed by atoms with Crippen LogP contribution in [0.1, 0.15) is 22.5 Å². The predicted octanol–water partition coefficient (Wildman–Crippen LogP) is 2.58. The molecule has 1 aliphatic rings. The second-order valence-corrected chi connectivity index (χ2v) is 6.40. The van der Waals surface area contributed by atoms with Gasteiger partial charge in [0.1, 0.15) is 5.82 Å². The van der Waals surface area contributed by atoms with Gasteiger partial charge in [-0.1, -0.05) is 6.07 Å². The third kappa shape index (κ3) is 4.39. The summed E-state index contributed by atoms with van der Waals surface area (Å²) in [5.74, 6) is 0.700. The lowest BCUT2D eigenvalue weighted by atomic mass is 10.2. The number of Topliss-reactive ketones (excluding diaryl/α,β-unsaturated/α-hetero) is 1. The molecule has 1 saturated heterocycles. The van der Waals surface area contributed by atoms with Crippen molar-refractivity contribution in [3.8, 4) is 0 Å². The standard InChI is InChI=1S/C17H19N3O3S/c21-14(15-2-1-11-24-15)4-6-17(22)19-13-3-5-16(18-12-13)20-7-9-23-10-8-20/h1-3,5,11-12H,4,6-10H2,(H,19,22). The van der Waals surface area contributed by atoms with Gasteiger partial charge in [0.25, 0.3) is 0 Å². The topological polar surface area (TPSA) is 71.5 Å². The fourth-order valence-electron chi connectivity index (χ4n) is 2.45. The maximum atomic E-state index is 12.0. The smallest absolute Gasteiger partial charge is 0.224 e. The molecule has 1 amide bonds. The zero-order valence-electron chi connectivity index (χ0n) is 13.2. The molecule has 1 N–H and O–H groups in total. The Morgan fingerprint density at radius 3 is 2.71 bits per heavy atom. The molecule has 1 fully saturated rings. The summed E-state index contributed by atoms with van der Waals surface area (Å²) in [5.41, 5.74) is 0.639. The first kappa shape index (κ1) is 16.6. The Morgan fingerprint density at radius 2 is 2.04 bits per heavy atom. The molecule has 0 atom stereocenters. The summed E-state index contributed by atoms with van der Waals surface area (Å²) in [6.07, 6.45) is 2.03. The Hall–Kier alpha value is -2.25. The maximum Gasteiger partial charge on any atom is 0.224 e. The van der Waals surface area contributed by atoms with Gasteiger partial charge in [-0.05, 0) is 23.6 Å². The zero-order valence-corrected chi connectivity index (χ0v) is 14.1. The highest BCUT2D eigenvalue weighted by Crippen LogP contribution is 2.16. The van der Waals surface area contributed by atoms with Crippen LogP contribution < -0.4 is 10.2 Å². The van der Waals surface area contributed by atoms with Crippen LogP contribution in [0.2, 0.25) is 0 Å². The monoisotopic (exact) mass is 345 g/mol. The number of carbonyl (C=O) groups excluding carboxylic acids is 2. The van der Waals surface area contributed by atoms with Crippen molar-refractivity contribution in [2.24, 2.45) is 0 Å². The van der Waals surface area contributed by atoms with Crippen LogP contribution in [-0.4, -0.2) is 43.0 Å². The second kappa shape index (κ2) is 8.03. The number of carbonyl (C=O) groups is 2.